The summed E-state index contributed by atoms with van der Waals surface area (Å²) in [6.45, 7) is 0. The van der Waals surface area contributed by atoms with Crippen molar-refractivity contribution in [1.82, 2.24) is 0 Å². The Kier molecular flexibility index (Phi) is 4.49. The number of hydrogen-bond donors (Lipinski definition) is 1. The van der Waals surface area contributed by atoms with Gasteiger partial charge in [-0.05, 0) is 46.3 Å². The fraction of sp³-hybridized carbons (Fsp3) is 0.0769. The smallest absolute Gasteiger partial charge is 0.147 e. The predicted molar refractivity (Wildman–Crippen MR) is 75.0 cm³/mol. The maximum absolute atomic E-state index is 13.8. The van der Waals surface area contributed by atoms with Crippen LogP contribution in [-0.4, -0.2) is 4.21 Å². The van der Waals surface area contributed by atoms with Crippen LogP contribution in [0.1, 0.15) is 5.56 Å². The molecule has 0 radical (unpaired) electrons. The lowest BCUT2D eigenvalue weighted by Gasteiger charge is -2.07. The van der Waals surface area contributed by atoms with Gasteiger partial charge in [0.25, 0.3) is 0 Å². The van der Waals surface area contributed by atoms with Gasteiger partial charge in [-0.25, -0.2) is 13.2 Å². The molecule has 0 bridgehead atoms. The maximum Gasteiger partial charge on any atom is 0.147 e. The van der Waals surface area contributed by atoms with E-state index >= 15 is 0 Å². The van der Waals surface area contributed by atoms with Crippen LogP contribution in [0.25, 0.3) is 0 Å². The summed E-state index contributed by atoms with van der Waals surface area (Å²) in [7, 11) is -1.78. The zero-order chi connectivity index (χ0) is 14.9. The van der Waals surface area contributed by atoms with Crippen molar-refractivity contribution in [3.05, 3.63) is 57.8 Å². The van der Waals surface area contributed by atoms with E-state index in [-0.39, 0.29) is 26.4 Å². The van der Waals surface area contributed by atoms with Gasteiger partial charge in [0.2, 0.25) is 0 Å². The standard InChI is InChI=1S/C13H9BrF3NOS/c14-9-2-3-10(15)8(13(9)17)6-20(19)7-1-4-12(18)11(16)5-7/h1-5H,6,18H2. The molecule has 2 rings (SSSR count). The quantitative estimate of drug-likeness (QED) is 0.666. The van der Waals surface area contributed by atoms with Gasteiger partial charge in [0.05, 0.1) is 26.7 Å². The normalized spacial score (nSPS) is 12.4. The molecule has 0 fully saturated rings. The van der Waals surface area contributed by atoms with E-state index in [1.807, 2.05) is 0 Å². The van der Waals surface area contributed by atoms with E-state index in [1.165, 1.54) is 18.2 Å². The molecule has 1 atom stereocenters. The fourth-order valence-corrected chi connectivity index (χ4v) is 3.08. The number of benzene rings is 2. The van der Waals surface area contributed by atoms with Crippen LogP contribution < -0.4 is 5.73 Å². The molecule has 0 aliphatic rings. The first-order valence-electron chi connectivity index (χ1n) is 5.46. The average Bonchev–Trinajstić information content (AvgIpc) is 2.42. The molecule has 0 aliphatic carbocycles. The Morgan fingerprint density at radius 3 is 2.45 bits per heavy atom. The first-order valence-corrected chi connectivity index (χ1v) is 7.57. The van der Waals surface area contributed by atoms with Crippen molar-refractivity contribution < 1.29 is 17.4 Å². The van der Waals surface area contributed by atoms with Crippen molar-refractivity contribution in [1.29, 1.82) is 0 Å². The fourth-order valence-electron chi connectivity index (χ4n) is 1.57. The first kappa shape index (κ1) is 15.1. The van der Waals surface area contributed by atoms with Crippen molar-refractivity contribution in [3.8, 4) is 0 Å². The highest BCUT2D eigenvalue weighted by Gasteiger charge is 2.16. The molecule has 2 nitrogen and oxygen atoms in total. The number of rotatable bonds is 3. The summed E-state index contributed by atoms with van der Waals surface area (Å²) >= 11 is 2.93. The maximum atomic E-state index is 13.8. The molecule has 0 aromatic heterocycles. The van der Waals surface area contributed by atoms with Gasteiger partial charge in [-0.2, -0.15) is 0 Å². The van der Waals surface area contributed by atoms with E-state index in [2.05, 4.69) is 15.9 Å². The highest BCUT2D eigenvalue weighted by Crippen LogP contribution is 2.25. The summed E-state index contributed by atoms with van der Waals surface area (Å²) in [5.74, 6) is -2.71. The molecule has 0 saturated heterocycles. The second-order valence-electron chi connectivity index (χ2n) is 3.99. The number of nitrogen functional groups attached to an aromatic ring is 1. The monoisotopic (exact) mass is 363 g/mol. The van der Waals surface area contributed by atoms with Gasteiger partial charge >= 0.3 is 0 Å². The number of nitrogens with two attached hydrogens (primary N) is 1. The van der Waals surface area contributed by atoms with Crippen LogP contribution in [0.5, 0.6) is 0 Å². The van der Waals surface area contributed by atoms with Gasteiger partial charge in [0.1, 0.15) is 17.5 Å². The Morgan fingerprint density at radius 2 is 1.80 bits per heavy atom. The molecule has 1 unspecified atom stereocenters. The third kappa shape index (κ3) is 3.04. The molecule has 2 N–H and O–H groups in total. The number of halogens is 4. The molecule has 0 amide bonds. The van der Waals surface area contributed by atoms with Gasteiger partial charge in [0, 0.05) is 10.5 Å². The average molecular weight is 364 g/mol. The zero-order valence-corrected chi connectivity index (χ0v) is 12.4. The number of hydrogen-bond acceptors (Lipinski definition) is 2. The van der Waals surface area contributed by atoms with Gasteiger partial charge in [-0.3, -0.25) is 4.21 Å². The van der Waals surface area contributed by atoms with E-state index in [1.54, 1.807) is 0 Å². The molecule has 2 aromatic rings. The van der Waals surface area contributed by atoms with E-state index < -0.39 is 28.3 Å². The topological polar surface area (TPSA) is 43.1 Å². The minimum absolute atomic E-state index is 0.0781. The Labute approximate surface area is 124 Å². The Morgan fingerprint density at radius 1 is 1.10 bits per heavy atom. The van der Waals surface area contributed by atoms with Crippen LogP contribution in [0, 0.1) is 17.5 Å². The van der Waals surface area contributed by atoms with Crippen molar-refractivity contribution in [3.63, 3.8) is 0 Å². The molecule has 0 heterocycles. The molecule has 2 aromatic carbocycles. The van der Waals surface area contributed by atoms with E-state index in [0.717, 1.165) is 12.1 Å². The van der Waals surface area contributed by atoms with Gasteiger partial charge in [-0.1, -0.05) is 0 Å². The third-order valence-electron chi connectivity index (χ3n) is 2.65. The number of anilines is 1. The second-order valence-corrected chi connectivity index (χ2v) is 6.30. The molecule has 20 heavy (non-hydrogen) atoms. The van der Waals surface area contributed by atoms with Crippen molar-refractivity contribution >= 4 is 32.4 Å². The Balaban J connectivity index is 2.32. The van der Waals surface area contributed by atoms with E-state index in [4.69, 9.17) is 5.73 Å². The van der Waals surface area contributed by atoms with Crippen molar-refractivity contribution in [2.24, 2.45) is 0 Å². The first-order chi connectivity index (χ1) is 9.40. The lowest BCUT2D eigenvalue weighted by Crippen LogP contribution is -2.03. The SMILES string of the molecule is Nc1ccc(S(=O)Cc2c(F)ccc(Br)c2F)cc1F. The highest BCUT2D eigenvalue weighted by molar-refractivity contribution is 9.10. The Bertz CT molecular complexity index is 694. The molecule has 7 heteroatoms. The van der Waals surface area contributed by atoms with Crippen LogP contribution in [-0.2, 0) is 16.6 Å². The third-order valence-corrected chi connectivity index (χ3v) is 4.59. The molecule has 0 aliphatic heterocycles. The summed E-state index contributed by atoms with van der Waals surface area (Å²) < 4.78 is 52.7. The van der Waals surface area contributed by atoms with Gasteiger partial charge < -0.3 is 5.73 Å². The predicted octanol–water partition coefficient (Wildman–Crippen LogP) is 3.76. The van der Waals surface area contributed by atoms with E-state index in [0.29, 0.717) is 0 Å². The molecule has 0 spiro atoms. The van der Waals surface area contributed by atoms with Crippen LogP contribution >= 0.6 is 15.9 Å². The van der Waals surface area contributed by atoms with Crippen LogP contribution in [0.2, 0.25) is 0 Å². The summed E-state index contributed by atoms with van der Waals surface area (Å²) in [6.07, 6.45) is 0. The lowest BCUT2D eigenvalue weighted by atomic mass is 10.2. The van der Waals surface area contributed by atoms with Crippen molar-refractivity contribution in [2.75, 3.05) is 5.73 Å². The minimum Gasteiger partial charge on any atom is -0.396 e. The van der Waals surface area contributed by atoms with Crippen LogP contribution in [0.3, 0.4) is 0 Å². The van der Waals surface area contributed by atoms with Gasteiger partial charge in [0.15, 0.2) is 0 Å². The van der Waals surface area contributed by atoms with Crippen molar-refractivity contribution in [2.45, 2.75) is 10.6 Å². The second kappa shape index (κ2) is 5.97. The summed E-state index contributed by atoms with van der Waals surface area (Å²) in [5.41, 5.74) is 4.92. The van der Waals surface area contributed by atoms with E-state index in [9.17, 15) is 17.4 Å². The lowest BCUT2D eigenvalue weighted by molar-refractivity contribution is 0.560. The zero-order valence-electron chi connectivity index (χ0n) is 10.00. The van der Waals surface area contributed by atoms with Crippen LogP contribution in [0.4, 0.5) is 18.9 Å². The minimum atomic E-state index is -1.78. The van der Waals surface area contributed by atoms with Crippen LogP contribution in [0.15, 0.2) is 39.7 Å². The van der Waals surface area contributed by atoms with Gasteiger partial charge in [-0.15, -0.1) is 0 Å². The highest BCUT2D eigenvalue weighted by atomic mass is 79.9. The molecule has 106 valence electrons. The summed E-state index contributed by atoms with van der Waals surface area (Å²) in [6, 6.07) is 5.92. The summed E-state index contributed by atoms with van der Waals surface area (Å²) in [4.78, 5) is 0.121. The molecular weight excluding hydrogens is 355 g/mol. The largest absolute Gasteiger partial charge is 0.396 e. The molecule has 0 saturated carbocycles. The summed E-state index contributed by atoms with van der Waals surface area (Å²) in [5, 5.41) is 0. The molecular formula is C13H9BrF3NOS. The Hall–Kier alpha value is -1.34.